The highest BCUT2D eigenvalue weighted by molar-refractivity contribution is 7.99. The minimum Gasteiger partial charge on any atom is -0.489 e. The van der Waals surface area contributed by atoms with Gasteiger partial charge in [0.2, 0.25) is 0 Å². The van der Waals surface area contributed by atoms with E-state index in [1.807, 2.05) is 24.2 Å². The average molecular weight is 357 g/mol. The fourth-order valence-electron chi connectivity index (χ4n) is 1.96. The van der Waals surface area contributed by atoms with E-state index < -0.39 is 5.97 Å². The fourth-order valence-corrected chi connectivity index (χ4v) is 2.68. The van der Waals surface area contributed by atoms with Crippen molar-refractivity contribution in [2.75, 3.05) is 12.9 Å². The second-order valence-electron chi connectivity index (χ2n) is 4.91. The molecule has 2 N–H and O–H groups in total. The highest BCUT2D eigenvalue weighted by atomic mass is 32.2. The molecule has 132 valence electrons. The molecule has 0 aliphatic carbocycles. The number of allylic oxidation sites excluding steroid dienone is 2. The summed E-state index contributed by atoms with van der Waals surface area (Å²) in [6.45, 7) is 2.17. The van der Waals surface area contributed by atoms with Crippen molar-refractivity contribution in [3.05, 3.63) is 54.6 Å². The zero-order valence-electron chi connectivity index (χ0n) is 14.5. The Hall–Kier alpha value is -2.58. The number of hydrogen-bond donors (Lipinski definition) is 2. The van der Waals surface area contributed by atoms with Crippen LogP contribution in [0, 0.1) is 12.3 Å². The fraction of sp³-hybridized carbons (Fsp3) is 0.250. The summed E-state index contributed by atoms with van der Waals surface area (Å²) in [6, 6.07) is 10.7. The molecule has 0 unspecified atom stereocenters. The second kappa shape index (κ2) is 11.9. The molecule has 1 aromatic carbocycles. The molecule has 0 radical (unpaired) electrons. The highest BCUT2D eigenvalue weighted by Crippen LogP contribution is 2.24. The van der Waals surface area contributed by atoms with E-state index in [1.165, 1.54) is 23.1 Å². The Morgan fingerprint density at radius 1 is 1.40 bits per heavy atom. The predicted molar refractivity (Wildman–Crippen MR) is 103 cm³/mol. The van der Waals surface area contributed by atoms with E-state index >= 15 is 0 Å². The Balaban J connectivity index is 0.000000260. The van der Waals surface area contributed by atoms with Crippen LogP contribution in [0.5, 0.6) is 0 Å². The summed E-state index contributed by atoms with van der Waals surface area (Å²) < 4.78 is 4.71. The summed E-state index contributed by atoms with van der Waals surface area (Å²) in [5.74, 6) is 2.93. The van der Waals surface area contributed by atoms with Crippen molar-refractivity contribution >= 4 is 17.7 Å². The number of aromatic amines is 1. The molecule has 0 atom stereocenters. The van der Waals surface area contributed by atoms with E-state index in [9.17, 15) is 4.79 Å². The molecular formula is C20H23NO3S. The number of H-pyrrole nitrogens is 1. The van der Waals surface area contributed by atoms with Gasteiger partial charge in [-0.2, -0.15) is 0 Å². The third-order valence-electron chi connectivity index (χ3n) is 3.13. The lowest BCUT2D eigenvalue weighted by atomic mass is 10.1. The average Bonchev–Trinajstić information content (AvgIpc) is 3.14. The first-order chi connectivity index (χ1) is 12.1. The lowest BCUT2D eigenvalue weighted by Gasteiger charge is -2.01. The standard InChI is InChI=1S/C12H13NS.C8H10O3/c1-2-14-12-5-3-4-10(8-12)11-6-7-13-9-11;1-3-7(11-2)5-4-6-8(9)10/h3-9,13H,2H2,1H3;1,5H,4,6H2,2H3,(H,9,10)/b;7-5+. The molecule has 0 saturated heterocycles. The van der Waals surface area contributed by atoms with E-state index in [4.69, 9.17) is 16.3 Å². The maximum Gasteiger partial charge on any atom is 0.303 e. The van der Waals surface area contributed by atoms with E-state index in [0.717, 1.165) is 5.75 Å². The first kappa shape index (κ1) is 20.5. The number of rotatable bonds is 7. The summed E-state index contributed by atoms with van der Waals surface area (Å²) in [4.78, 5) is 14.4. The van der Waals surface area contributed by atoms with Crippen LogP contribution in [-0.2, 0) is 9.53 Å². The van der Waals surface area contributed by atoms with Crippen LogP contribution in [0.3, 0.4) is 0 Å². The summed E-state index contributed by atoms with van der Waals surface area (Å²) >= 11 is 1.88. The number of ether oxygens (including phenoxy) is 1. The van der Waals surface area contributed by atoms with Crippen LogP contribution in [0.15, 0.2) is 59.5 Å². The molecule has 4 nitrogen and oxygen atoms in total. The highest BCUT2D eigenvalue weighted by Gasteiger charge is 1.98. The van der Waals surface area contributed by atoms with Gasteiger partial charge in [0.05, 0.1) is 7.11 Å². The van der Waals surface area contributed by atoms with E-state index in [1.54, 1.807) is 6.08 Å². The first-order valence-corrected chi connectivity index (χ1v) is 8.87. The van der Waals surface area contributed by atoms with Crippen molar-refractivity contribution in [3.63, 3.8) is 0 Å². The largest absolute Gasteiger partial charge is 0.489 e. The molecule has 0 amide bonds. The van der Waals surface area contributed by atoms with Crippen LogP contribution in [0.25, 0.3) is 11.1 Å². The van der Waals surface area contributed by atoms with Crippen molar-refractivity contribution < 1.29 is 14.6 Å². The van der Waals surface area contributed by atoms with Gasteiger partial charge in [0.15, 0.2) is 5.76 Å². The Morgan fingerprint density at radius 3 is 2.76 bits per heavy atom. The molecule has 0 bridgehead atoms. The van der Waals surface area contributed by atoms with Crippen molar-refractivity contribution in [3.8, 4) is 23.5 Å². The van der Waals surface area contributed by atoms with E-state index in [2.05, 4.69) is 48.2 Å². The Bertz CT molecular complexity index is 715. The number of carbonyl (C=O) groups is 1. The van der Waals surface area contributed by atoms with Gasteiger partial charge in [0.25, 0.3) is 0 Å². The molecule has 0 aliphatic heterocycles. The van der Waals surface area contributed by atoms with Crippen LogP contribution in [0.4, 0.5) is 0 Å². The van der Waals surface area contributed by atoms with E-state index in [0.29, 0.717) is 12.2 Å². The number of thioether (sulfide) groups is 1. The molecule has 1 aromatic heterocycles. The number of carboxylic acids is 1. The predicted octanol–water partition coefficient (Wildman–Crippen LogP) is 4.81. The normalized spacial score (nSPS) is 10.4. The van der Waals surface area contributed by atoms with Gasteiger partial charge in [-0.05, 0) is 53.5 Å². The van der Waals surface area contributed by atoms with Crippen molar-refractivity contribution in [1.29, 1.82) is 0 Å². The molecule has 0 spiro atoms. The smallest absolute Gasteiger partial charge is 0.303 e. The topological polar surface area (TPSA) is 62.3 Å². The van der Waals surface area contributed by atoms with Gasteiger partial charge >= 0.3 is 5.97 Å². The Kier molecular flexibility index (Phi) is 9.72. The quantitative estimate of drug-likeness (QED) is 0.424. The summed E-state index contributed by atoms with van der Waals surface area (Å²) in [5.41, 5.74) is 2.54. The van der Waals surface area contributed by atoms with Gasteiger partial charge in [0, 0.05) is 23.7 Å². The number of nitrogens with one attached hydrogen (secondary N) is 1. The second-order valence-corrected chi connectivity index (χ2v) is 6.25. The minimum absolute atomic E-state index is 0.0779. The van der Waals surface area contributed by atoms with Gasteiger partial charge in [-0.1, -0.05) is 19.1 Å². The van der Waals surface area contributed by atoms with Crippen LogP contribution >= 0.6 is 11.8 Å². The minimum atomic E-state index is -0.839. The van der Waals surface area contributed by atoms with E-state index in [-0.39, 0.29) is 6.42 Å². The number of aliphatic carboxylic acids is 1. The molecule has 0 aliphatic rings. The number of benzene rings is 1. The van der Waals surface area contributed by atoms with Gasteiger partial charge in [0.1, 0.15) is 0 Å². The number of methoxy groups -OCH3 is 1. The Morgan fingerprint density at radius 2 is 2.20 bits per heavy atom. The third-order valence-corrected chi connectivity index (χ3v) is 4.00. The third kappa shape index (κ3) is 8.18. The Labute approximate surface area is 153 Å². The molecule has 2 rings (SSSR count). The van der Waals surface area contributed by atoms with Crippen molar-refractivity contribution in [1.82, 2.24) is 4.98 Å². The summed E-state index contributed by atoms with van der Waals surface area (Å²) in [5, 5.41) is 8.25. The van der Waals surface area contributed by atoms with Gasteiger partial charge in [-0.15, -0.1) is 18.2 Å². The molecular weight excluding hydrogens is 334 g/mol. The van der Waals surface area contributed by atoms with Gasteiger partial charge in [-0.25, -0.2) is 0 Å². The van der Waals surface area contributed by atoms with Crippen molar-refractivity contribution in [2.24, 2.45) is 0 Å². The molecule has 2 aromatic rings. The van der Waals surface area contributed by atoms with Gasteiger partial charge < -0.3 is 14.8 Å². The summed E-state index contributed by atoms with van der Waals surface area (Å²) in [7, 11) is 1.45. The van der Waals surface area contributed by atoms with Crippen LogP contribution in [0.2, 0.25) is 0 Å². The zero-order chi connectivity index (χ0) is 18.5. The molecule has 1 heterocycles. The maximum absolute atomic E-state index is 10.0. The molecule has 0 saturated carbocycles. The lowest BCUT2D eigenvalue weighted by Crippen LogP contribution is -1.92. The number of carboxylic acid groups (broad SMARTS) is 1. The lowest BCUT2D eigenvalue weighted by molar-refractivity contribution is -0.136. The number of hydrogen-bond acceptors (Lipinski definition) is 3. The zero-order valence-corrected chi connectivity index (χ0v) is 15.3. The van der Waals surface area contributed by atoms with Gasteiger partial charge in [-0.3, -0.25) is 4.79 Å². The van der Waals surface area contributed by atoms with Crippen LogP contribution in [-0.4, -0.2) is 28.9 Å². The monoisotopic (exact) mass is 357 g/mol. The molecule has 0 fully saturated rings. The summed E-state index contributed by atoms with van der Waals surface area (Å²) in [6.07, 6.45) is 11.0. The molecule has 25 heavy (non-hydrogen) atoms. The number of aromatic nitrogens is 1. The van der Waals surface area contributed by atoms with Crippen LogP contribution in [0.1, 0.15) is 19.8 Å². The van der Waals surface area contributed by atoms with Crippen LogP contribution < -0.4 is 0 Å². The molecule has 5 heteroatoms. The maximum atomic E-state index is 10.0. The SMILES string of the molecule is C#C/C(=C\CCC(=O)O)OC.CCSc1cccc(-c2cc[nH]c2)c1. The van der Waals surface area contributed by atoms with Crippen molar-refractivity contribution in [2.45, 2.75) is 24.7 Å². The first-order valence-electron chi connectivity index (χ1n) is 7.89. The number of terminal acetylenes is 1.